The molecule has 130 valence electrons. The molecule has 1 aliphatic rings. The third kappa shape index (κ3) is 6.22. The molecule has 1 amide bonds. The number of β-amino-alcohol motifs (C(OH)–C–C–N with tert-alkyl or cyclic N) is 1. The number of hydrogen-bond acceptors (Lipinski definition) is 5. The molecule has 1 aliphatic heterocycles. The van der Waals surface area contributed by atoms with Crippen LogP contribution in [0.4, 0.5) is 0 Å². The van der Waals surface area contributed by atoms with Gasteiger partial charge in [-0.15, -0.1) is 24.2 Å². The summed E-state index contributed by atoms with van der Waals surface area (Å²) < 4.78 is 5.33. The summed E-state index contributed by atoms with van der Waals surface area (Å²) in [5, 5.41) is 15.4. The molecule has 0 aromatic heterocycles. The fourth-order valence-electron chi connectivity index (χ4n) is 2.34. The molecular weight excluding hydrogens is 336 g/mol. The van der Waals surface area contributed by atoms with Crippen LogP contribution in [-0.4, -0.2) is 49.1 Å². The van der Waals surface area contributed by atoms with E-state index in [9.17, 15) is 9.90 Å². The molecule has 2 rings (SSSR count). The number of aliphatic hydroxyl groups excluding tert-OH is 1. The Morgan fingerprint density at radius 1 is 1.52 bits per heavy atom. The summed E-state index contributed by atoms with van der Waals surface area (Å²) in [5.74, 6) is 2.12. The van der Waals surface area contributed by atoms with Gasteiger partial charge in [-0.1, -0.05) is 19.1 Å². The van der Waals surface area contributed by atoms with Crippen LogP contribution >= 0.6 is 24.2 Å². The van der Waals surface area contributed by atoms with E-state index < -0.39 is 6.10 Å². The third-order valence-electron chi connectivity index (χ3n) is 3.64. The van der Waals surface area contributed by atoms with Crippen LogP contribution in [0.15, 0.2) is 29.2 Å². The molecule has 23 heavy (non-hydrogen) atoms. The van der Waals surface area contributed by atoms with E-state index in [0.717, 1.165) is 16.4 Å². The zero-order valence-electron chi connectivity index (χ0n) is 13.5. The molecule has 1 aromatic rings. The van der Waals surface area contributed by atoms with E-state index in [2.05, 4.69) is 17.6 Å². The maximum Gasteiger partial charge on any atom is 0.237 e. The molecule has 0 radical (unpaired) electrons. The first-order chi connectivity index (χ1) is 10.6. The maximum absolute atomic E-state index is 12.0. The highest BCUT2D eigenvalue weighted by molar-refractivity contribution is 7.99. The van der Waals surface area contributed by atoms with Gasteiger partial charge >= 0.3 is 0 Å². The number of carbonyl (C=O) groups excluding carboxylic acids is 1. The Kier molecular flexibility index (Phi) is 8.76. The van der Waals surface area contributed by atoms with E-state index in [0.29, 0.717) is 25.4 Å². The number of para-hydroxylation sites is 1. The minimum atomic E-state index is -0.408. The van der Waals surface area contributed by atoms with Crippen LogP contribution in [0, 0.1) is 5.92 Å². The number of aliphatic hydroxyl groups is 1. The summed E-state index contributed by atoms with van der Waals surface area (Å²) >= 11 is 1.73. The number of carbonyl (C=O) groups is 1. The molecule has 7 heteroatoms. The number of halogens is 1. The maximum atomic E-state index is 12.0. The summed E-state index contributed by atoms with van der Waals surface area (Å²) in [6, 6.07) is 7.68. The topological polar surface area (TPSA) is 70.6 Å². The van der Waals surface area contributed by atoms with E-state index in [-0.39, 0.29) is 24.4 Å². The second-order valence-corrected chi connectivity index (χ2v) is 6.72. The minimum Gasteiger partial charge on any atom is -0.496 e. The Balaban J connectivity index is 0.00000264. The summed E-state index contributed by atoms with van der Waals surface area (Å²) in [7, 11) is 1.67. The summed E-state index contributed by atoms with van der Waals surface area (Å²) in [6.45, 7) is 3.24. The predicted octanol–water partition coefficient (Wildman–Crippen LogP) is 1.68. The molecule has 3 atom stereocenters. The first-order valence-corrected chi connectivity index (χ1v) is 8.53. The monoisotopic (exact) mass is 360 g/mol. The zero-order chi connectivity index (χ0) is 15.9. The van der Waals surface area contributed by atoms with Gasteiger partial charge in [0.2, 0.25) is 5.91 Å². The highest BCUT2D eigenvalue weighted by Gasteiger charge is 2.27. The molecule has 1 aromatic carbocycles. The highest BCUT2D eigenvalue weighted by Crippen LogP contribution is 2.29. The van der Waals surface area contributed by atoms with Gasteiger partial charge in [-0.2, -0.15) is 0 Å². The number of hydrogen-bond donors (Lipinski definition) is 3. The molecule has 0 aliphatic carbocycles. The Hall–Kier alpha value is -0.950. The lowest BCUT2D eigenvalue weighted by Crippen LogP contribution is -2.42. The van der Waals surface area contributed by atoms with Gasteiger partial charge in [-0.3, -0.25) is 4.79 Å². The zero-order valence-corrected chi connectivity index (χ0v) is 15.1. The second-order valence-electron chi connectivity index (χ2n) is 5.66. The van der Waals surface area contributed by atoms with Crippen molar-refractivity contribution in [3.8, 4) is 5.75 Å². The van der Waals surface area contributed by atoms with Crippen molar-refractivity contribution in [3.63, 3.8) is 0 Å². The largest absolute Gasteiger partial charge is 0.496 e. The molecule has 3 N–H and O–H groups in total. The van der Waals surface area contributed by atoms with Crippen molar-refractivity contribution >= 4 is 30.1 Å². The van der Waals surface area contributed by atoms with Crippen LogP contribution in [0.2, 0.25) is 0 Å². The third-order valence-corrected chi connectivity index (χ3v) is 5.03. The molecule has 3 unspecified atom stereocenters. The Morgan fingerprint density at radius 3 is 2.91 bits per heavy atom. The molecule has 5 nitrogen and oxygen atoms in total. The van der Waals surface area contributed by atoms with Crippen molar-refractivity contribution in [3.05, 3.63) is 24.3 Å². The van der Waals surface area contributed by atoms with Crippen LogP contribution in [0.25, 0.3) is 0 Å². The number of thioether (sulfide) groups is 1. The van der Waals surface area contributed by atoms with Crippen molar-refractivity contribution in [2.45, 2.75) is 30.4 Å². The normalized spacial score (nSPS) is 21.3. The summed E-state index contributed by atoms with van der Waals surface area (Å²) in [5.41, 5.74) is 0. The van der Waals surface area contributed by atoms with Gasteiger partial charge < -0.3 is 20.5 Å². The molecule has 0 spiro atoms. The van der Waals surface area contributed by atoms with Gasteiger partial charge in [0, 0.05) is 23.7 Å². The smallest absolute Gasteiger partial charge is 0.237 e. The molecule has 1 fully saturated rings. The molecule has 1 saturated heterocycles. The number of benzene rings is 1. The first kappa shape index (κ1) is 20.1. The summed E-state index contributed by atoms with van der Waals surface area (Å²) in [4.78, 5) is 13.1. The SMILES string of the molecule is COc1ccccc1SCC(C)CNC(=O)C1CC(O)CN1.Cl. The van der Waals surface area contributed by atoms with Gasteiger partial charge in [-0.25, -0.2) is 0 Å². The van der Waals surface area contributed by atoms with Gasteiger partial charge in [0.05, 0.1) is 19.3 Å². The van der Waals surface area contributed by atoms with Crippen molar-refractivity contribution in [1.29, 1.82) is 0 Å². The van der Waals surface area contributed by atoms with Crippen molar-refractivity contribution in [2.24, 2.45) is 5.92 Å². The van der Waals surface area contributed by atoms with E-state index in [1.807, 2.05) is 24.3 Å². The highest BCUT2D eigenvalue weighted by atomic mass is 35.5. The lowest BCUT2D eigenvalue weighted by molar-refractivity contribution is -0.123. The molecular formula is C16H25ClN2O3S. The summed E-state index contributed by atoms with van der Waals surface area (Å²) in [6.07, 6.45) is 0.0881. The average molecular weight is 361 g/mol. The predicted molar refractivity (Wildman–Crippen MR) is 95.6 cm³/mol. The van der Waals surface area contributed by atoms with E-state index >= 15 is 0 Å². The van der Waals surface area contributed by atoms with Gasteiger partial charge in [-0.05, 0) is 24.5 Å². The van der Waals surface area contributed by atoms with Gasteiger partial charge in [0.25, 0.3) is 0 Å². The van der Waals surface area contributed by atoms with Crippen molar-refractivity contribution < 1.29 is 14.6 Å². The van der Waals surface area contributed by atoms with Crippen LogP contribution in [0.5, 0.6) is 5.75 Å². The quantitative estimate of drug-likeness (QED) is 0.645. The van der Waals surface area contributed by atoms with E-state index in [1.54, 1.807) is 18.9 Å². The Bertz CT molecular complexity index is 504. The second kappa shape index (κ2) is 10.0. The van der Waals surface area contributed by atoms with E-state index in [1.165, 1.54) is 0 Å². The Labute approximate surface area is 148 Å². The number of methoxy groups -OCH3 is 1. The van der Waals surface area contributed by atoms with Gasteiger partial charge in [0.15, 0.2) is 0 Å². The van der Waals surface area contributed by atoms with Gasteiger partial charge in [0.1, 0.15) is 5.75 Å². The molecule has 0 bridgehead atoms. The fraction of sp³-hybridized carbons (Fsp3) is 0.562. The lowest BCUT2D eigenvalue weighted by Gasteiger charge is -2.16. The average Bonchev–Trinajstić information content (AvgIpc) is 2.97. The molecule has 1 heterocycles. The van der Waals surface area contributed by atoms with Crippen LogP contribution < -0.4 is 15.4 Å². The number of rotatable bonds is 7. The van der Waals surface area contributed by atoms with Crippen LogP contribution in [-0.2, 0) is 4.79 Å². The Morgan fingerprint density at radius 2 is 2.26 bits per heavy atom. The van der Waals surface area contributed by atoms with Crippen molar-refractivity contribution in [2.75, 3.05) is 26.0 Å². The molecule has 0 saturated carbocycles. The van der Waals surface area contributed by atoms with E-state index in [4.69, 9.17) is 4.74 Å². The lowest BCUT2D eigenvalue weighted by atomic mass is 10.1. The fourth-order valence-corrected chi connectivity index (χ4v) is 3.39. The number of ether oxygens (including phenoxy) is 1. The van der Waals surface area contributed by atoms with Crippen molar-refractivity contribution in [1.82, 2.24) is 10.6 Å². The minimum absolute atomic E-state index is 0. The standard InChI is InChI=1S/C16H24N2O3S.ClH/c1-11(8-18-16(20)13-7-12(19)9-17-13)10-22-15-6-4-3-5-14(15)21-2;/h3-6,11-13,17,19H,7-10H2,1-2H3,(H,18,20);1H. The van der Waals surface area contributed by atoms with Crippen LogP contribution in [0.3, 0.4) is 0 Å². The number of nitrogens with one attached hydrogen (secondary N) is 2. The first-order valence-electron chi connectivity index (χ1n) is 7.55. The van der Waals surface area contributed by atoms with Crippen LogP contribution in [0.1, 0.15) is 13.3 Å². The number of amides is 1.